The second-order valence-electron chi connectivity index (χ2n) is 5.32. The summed E-state index contributed by atoms with van der Waals surface area (Å²) >= 11 is 3.52. The van der Waals surface area contributed by atoms with Gasteiger partial charge in [-0.2, -0.15) is 4.98 Å². The van der Waals surface area contributed by atoms with E-state index in [0.29, 0.717) is 24.2 Å². The van der Waals surface area contributed by atoms with Crippen LogP contribution in [0, 0.1) is 5.92 Å². The lowest BCUT2D eigenvalue weighted by molar-refractivity contribution is 0.249. The third kappa shape index (κ3) is 2.65. The van der Waals surface area contributed by atoms with Gasteiger partial charge in [0.25, 0.3) is 0 Å². The fourth-order valence-corrected chi connectivity index (χ4v) is 3.41. The van der Waals surface area contributed by atoms with Gasteiger partial charge in [-0.05, 0) is 37.4 Å². The lowest BCUT2D eigenvalue weighted by atomic mass is 9.79. The molecule has 1 aliphatic rings. The molecule has 0 amide bonds. The van der Waals surface area contributed by atoms with Crippen LogP contribution >= 0.6 is 15.9 Å². The van der Waals surface area contributed by atoms with Crippen molar-refractivity contribution >= 4 is 15.9 Å². The van der Waals surface area contributed by atoms with Crippen molar-refractivity contribution in [3.63, 3.8) is 0 Å². The molecule has 0 bridgehead atoms. The minimum Gasteiger partial charge on any atom is -0.339 e. The van der Waals surface area contributed by atoms with E-state index >= 15 is 0 Å². The average Bonchev–Trinajstić information content (AvgIpc) is 2.97. The number of aromatic nitrogens is 2. The van der Waals surface area contributed by atoms with E-state index in [1.165, 1.54) is 12.8 Å². The van der Waals surface area contributed by atoms with Crippen molar-refractivity contribution in [2.45, 2.75) is 31.6 Å². The van der Waals surface area contributed by atoms with Gasteiger partial charge in [0, 0.05) is 16.0 Å². The van der Waals surface area contributed by atoms with Crippen LogP contribution < -0.4 is 5.73 Å². The summed E-state index contributed by atoms with van der Waals surface area (Å²) < 4.78 is 6.49. The molecule has 1 aliphatic carbocycles. The topological polar surface area (TPSA) is 64.9 Å². The van der Waals surface area contributed by atoms with E-state index in [4.69, 9.17) is 10.3 Å². The molecule has 1 aromatic carbocycles. The second kappa shape index (κ2) is 6.06. The highest BCUT2D eigenvalue weighted by atomic mass is 79.9. The van der Waals surface area contributed by atoms with Gasteiger partial charge in [0.2, 0.25) is 11.7 Å². The first-order chi connectivity index (χ1) is 9.79. The SMILES string of the molecule is NCC1CCCCC1c1nc(-c2ccccc2Br)no1. The molecule has 2 N–H and O–H groups in total. The van der Waals surface area contributed by atoms with Gasteiger partial charge in [-0.15, -0.1) is 0 Å². The van der Waals surface area contributed by atoms with E-state index in [1.807, 2.05) is 24.3 Å². The third-order valence-electron chi connectivity index (χ3n) is 4.09. The highest BCUT2D eigenvalue weighted by Gasteiger charge is 2.30. The van der Waals surface area contributed by atoms with Crippen molar-refractivity contribution in [2.24, 2.45) is 11.7 Å². The predicted octanol–water partition coefficient (Wildman–Crippen LogP) is 3.73. The molecule has 1 saturated carbocycles. The summed E-state index contributed by atoms with van der Waals surface area (Å²) in [6.07, 6.45) is 4.73. The van der Waals surface area contributed by atoms with Crippen molar-refractivity contribution < 1.29 is 4.52 Å². The van der Waals surface area contributed by atoms with Gasteiger partial charge in [0.1, 0.15) is 0 Å². The van der Waals surface area contributed by atoms with Crippen LogP contribution in [0.15, 0.2) is 33.3 Å². The Labute approximate surface area is 126 Å². The monoisotopic (exact) mass is 335 g/mol. The Bertz CT molecular complexity index is 584. The normalized spacial score (nSPS) is 22.9. The van der Waals surface area contributed by atoms with E-state index in [0.717, 1.165) is 28.8 Å². The van der Waals surface area contributed by atoms with Gasteiger partial charge in [-0.25, -0.2) is 0 Å². The summed E-state index contributed by atoms with van der Waals surface area (Å²) in [5.74, 6) is 2.17. The van der Waals surface area contributed by atoms with Crippen molar-refractivity contribution in [3.05, 3.63) is 34.6 Å². The molecular weight excluding hydrogens is 318 g/mol. The summed E-state index contributed by atoms with van der Waals surface area (Å²) in [7, 11) is 0. The van der Waals surface area contributed by atoms with Crippen LogP contribution in [0.2, 0.25) is 0 Å². The number of rotatable bonds is 3. The van der Waals surface area contributed by atoms with E-state index < -0.39 is 0 Å². The van der Waals surface area contributed by atoms with Crippen molar-refractivity contribution in [3.8, 4) is 11.4 Å². The summed E-state index contributed by atoms with van der Waals surface area (Å²) in [4.78, 5) is 4.60. The molecule has 1 fully saturated rings. The molecule has 2 atom stereocenters. The highest BCUT2D eigenvalue weighted by molar-refractivity contribution is 9.10. The molecular formula is C15H18BrN3O. The Morgan fingerprint density at radius 1 is 1.25 bits per heavy atom. The fraction of sp³-hybridized carbons (Fsp3) is 0.467. The second-order valence-corrected chi connectivity index (χ2v) is 6.18. The van der Waals surface area contributed by atoms with Crippen LogP contribution in [-0.4, -0.2) is 16.7 Å². The molecule has 106 valence electrons. The van der Waals surface area contributed by atoms with Crippen LogP contribution in [0.25, 0.3) is 11.4 Å². The van der Waals surface area contributed by atoms with Gasteiger partial charge in [-0.3, -0.25) is 0 Å². The smallest absolute Gasteiger partial charge is 0.230 e. The van der Waals surface area contributed by atoms with Crippen LogP contribution in [0.4, 0.5) is 0 Å². The Balaban J connectivity index is 1.88. The number of hydrogen-bond donors (Lipinski definition) is 1. The third-order valence-corrected chi connectivity index (χ3v) is 4.78. The predicted molar refractivity (Wildman–Crippen MR) is 81.2 cm³/mol. The maximum Gasteiger partial charge on any atom is 0.230 e. The Morgan fingerprint density at radius 3 is 2.85 bits per heavy atom. The lowest BCUT2D eigenvalue weighted by Crippen LogP contribution is -2.25. The van der Waals surface area contributed by atoms with E-state index in [2.05, 4.69) is 26.1 Å². The Hall–Kier alpha value is -1.20. The van der Waals surface area contributed by atoms with Crippen LogP contribution in [0.1, 0.15) is 37.5 Å². The molecule has 0 aliphatic heterocycles. The molecule has 0 spiro atoms. The number of nitrogens with two attached hydrogens (primary N) is 1. The zero-order valence-corrected chi connectivity index (χ0v) is 12.8. The van der Waals surface area contributed by atoms with Gasteiger partial charge >= 0.3 is 0 Å². The van der Waals surface area contributed by atoms with Crippen LogP contribution in [0.5, 0.6) is 0 Å². The standard InChI is InChI=1S/C15H18BrN3O/c16-13-8-4-3-7-12(13)14-18-15(20-19-14)11-6-2-1-5-10(11)9-17/h3-4,7-8,10-11H,1-2,5-6,9,17H2. The minimum atomic E-state index is 0.317. The molecule has 4 nitrogen and oxygen atoms in total. The summed E-state index contributed by atoms with van der Waals surface area (Å²) in [6, 6.07) is 7.91. The van der Waals surface area contributed by atoms with Crippen LogP contribution in [0.3, 0.4) is 0 Å². The first-order valence-electron chi connectivity index (χ1n) is 7.08. The molecule has 2 aromatic rings. The molecule has 20 heavy (non-hydrogen) atoms. The van der Waals surface area contributed by atoms with E-state index in [9.17, 15) is 0 Å². The molecule has 5 heteroatoms. The number of nitrogens with zero attached hydrogens (tertiary/aromatic N) is 2. The van der Waals surface area contributed by atoms with Crippen molar-refractivity contribution in [1.82, 2.24) is 10.1 Å². The number of hydrogen-bond acceptors (Lipinski definition) is 4. The molecule has 0 radical (unpaired) electrons. The van der Waals surface area contributed by atoms with Crippen molar-refractivity contribution in [2.75, 3.05) is 6.54 Å². The molecule has 1 heterocycles. The van der Waals surface area contributed by atoms with Gasteiger partial charge in [-0.1, -0.05) is 46.1 Å². The van der Waals surface area contributed by atoms with Gasteiger partial charge < -0.3 is 10.3 Å². The maximum absolute atomic E-state index is 5.88. The van der Waals surface area contributed by atoms with Crippen LogP contribution in [-0.2, 0) is 0 Å². The summed E-state index contributed by atoms with van der Waals surface area (Å²) in [5.41, 5.74) is 6.84. The maximum atomic E-state index is 5.88. The highest BCUT2D eigenvalue weighted by Crippen LogP contribution is 2.37. The summed E-state index contributed by atoms with van der Waals surface area (Å²) in [6.45, 7) is 0.692. The summed E-state index contributed by atoms with van der Waals surface area (Å²) in [5, 5.41) is 4.13. The zero-order chi connectivity index (χ0) is 13.9. The first kappa shape index (κ1) is 13.8. The quantitative estimate of drug-likeness (QED) is 0.927. The van der Waals surface area contributed by atoms with Crippen molar-refractivity contribution in [1.29, 1.82) is 0 Å². The molecule has 0 saturated heterocycles. The van der Waals surface area contributed by atoms with E-state index in [1.54, 1.807) is 0 Å². The van der Waals surface area contributed by atoms with Gasteiger partial charge in [0.05, 0.1) is 0 Å². The Morgan fingerprint density at radius 2 is 2.05 bits per heavy atom. The average molecular weight is 336 g/mol. The first-order valence-corrected chi connectivity index (χ1v) is 7.87. The largest absolute Gasteiger partial charge is 0.339 e. The molecule has 1 aromatic heterocycles. The Kier molecular flexibility index (Phi) is 4.17. The minimum absolute atomic E-state index is 0.317. The molecule has 2 unspecified atom stereocenters. The number of halogens is 1. The van der Waals surface area contributed by atoms with E-state index in [-0.39, 0.29) is 0 Å². The number of benzene rings is 1. The van der Waals surface area contributed by atoms with Gasteiger partial charge in [0.15, 0.2) is 0 Å². The molecule has 3 rings (SSSR count). The fourth-order valence-electron chi connectivity index (χ4n) is 2.95. The zero-order valence-electron chi connectivity index (χ0n) is 11.3. The lowest BCUT2D eigenvalue weighted by Gasteiger charge is -2.27.